The van der Waals surface area contributed by atoms with E-state index < -0.39 is 34.9 Å². The van der Waals surface area contributed by atoms with Crippen LogP contribution in [-0.4, -0.2) is 55.0 Å². The zero-order valence-corrected chi connectivity index (χ0v) is 11.3. The van der Waals surface area contributed by atoms with Crippen LogP contribution in [0.15, 0.2) is 12.2 Å². The highest BCUT2D eigenvalue weighted by Crippen LogP contribution is 2.50. The molecule has 1 saturated carbocycles. The number of hydrogen-bond donors (Lipinski definition) is 5. The van der Waals surface area contributed by atoms with E-state index in [0.717, 1.165) is 0 Å². The fourth-order valence-electron chi connectivity index (χ4n) is 2.75. The van der Waals surface area contributed by atoms with Gasteiger partial charge in [-0.2, -0.15) is 0 Å². The Kier molecular flexibility index (Phi) is 3.97. The molecule has 1 aliphatic rings. The van der Waals surface area contributed by atoms with Crippen molar-refractivity contribution < 1.29 is 25.5 Å². The van der Waals surface area contributed by atoms with Crippen molar-refractivity contribution >= 4 is 0 Å². The highest BCUT2D eigenvalue weighted by molar-refractivity contribution is 5.23. The van der Waals surface area contributed by atoms with Crippen molar-refractivity contribution in [2.75, 3.05) is 0 Å². The van der Waals surface area contributed by atoms with E-state index in [0.29, 0.717) is 0 Å². The average Bonchev–Trinajstić information content (AvgIpc) is 2.21. The van der Waals surface area contributed by atoms with Crippen LogP contribution < -0.4 is 0 Å². The Bertz CT molecular complexity index is 334. The maximum atomic E-state index is 10.7. The van der Waals surface area contributed by atoms with Crippen LogP contribution in [0.4, 0.5) is 0 Å². The Labute approximate surface area is 107 Å². The van der Waals surface area contributed by atoms with Gasteiger partial charge in [-0.1, -0.05) is 26.0 Å². The van der Waals surface area contributed by atoms with E-state index in [4.69, 9.17) is 0 Å². The molecule has 1 fully saturated rings. The van der Waals surface area contributed by atoms with Gasteiger partial charge in [0.1, 0.15) is 17.3 Å². The Morgan fingerprint density at radius 1 is 1.17 bits per heavy atom. The smallest absolute Gasteiger partial charge is 0.123 e. The summed E-state index contributed by atoms with van der Waals surface area (Å²) in [7, 11) is 0. The normalized spacial score (nSPS) is 46.3. The summed E-state index contributed by atoms with van der Waals surface area (Å²) in [4.78, 5) is 0. The molecule has 0 bridgehead atoms. The van der Waals surface area contributed by atoms with Crippen LogP contribution in [0.3, 0.4) is 0 Å². The van der Waals surface area contributed by atoms with Gasteiger partial charge in [0, 0.05) is 5.41 Å². The molecule has 0 amide bonds. The summed E-state index contributed by atoms with van der Waals surface area (Å²) >= 11 is 0. The molecular weight excluding hydrogens is 236 g/mol. The minimum absolute atomic E-state index is 0.144. The van der Waals surface area contributed by atoms with Gasteiger partial charge in [0.2, 0.25) is 0 Å². The van der Waals surface area contributed by atoms with E-state index in [2.05, 4.69) is 0 Å². The van der Waals surface area contributed by atoms with Gasteiger partial charge >= 0.3 is 0 Å². The quantitative estimate of drug-likeness (QED) is 0.433. The predicted molar refractivity (Wildman–Crippen MR) is 66.8 cm³/mol. The standard InChI is InChI=1S/C13H24O5/c1-8(14)5-6-13(18)11(2,3)7-9(15)10(16)12(13,4)17/h5-6,8-10,14-18H,7H2,1-4H3/t8-,9+,10-,12-,13-/m1/s1. The van der Waals surface area contributed by atoms with Crippen LogP contribution >= 0.6 is 0 Å². The van der Waals surface area contributed by atoms with Gasteiger partial charge in [-0.05, 0) is 20.3 Å². The molecular formula is C13H24O5. The van der Waals surface area contributed by atoms with Crippen molar-refractivity contribution in [3.63, 3.8) is 0 Å². The van der Waals surface area contributed by atoms with Crippen molar-refractivity contribution in [3.05, 3.63) is 12.2 Å². The number of rotatable bonds is 2. The van der Waals surface area contributed by atoms with Gasteiger partial charge in [0.25, 0.3) is 0 Å². The van der Waals surface area contributed by atoms with E-state index in [1.165, 1.54) is 26.0 Å². The molecule has 0 aromatic rings. The summed E-state index contributed by atoms with van der Waals surface area (Å²) in [6.45, 7) is 6.20. The van der Waals surface area contributed by atoms with E-state index in [9.17, 15) is 25.5 Å². The minimum Gasteiger partial charge on any atom is -0.390 e. The Morgan fingerprint density at radius 2 is 1.67 bits per heavy atom. The summed E-state index contributed by atoms with van der Waals surface area (Å²) in [6.07, 6.45) is -0.507. The molecule has 0 radical (unpaired) electrons. The molecule has 18 heavy (non-hydrogen) atoms. The van der Waals surface area contributed by atoms with Crippen molar-refractivity contribution in [1.29, 1.82) is 0 Å². The van der Waals surface area contributed by atoms with Crippen LogP contribution in [-0.2, 0) is 0 Å². The number of hydrogen-bond acceptors (Lipinski definition) is 5. The summed E-state index contributed by atoms with van der Waals surface area (Å²) < 4.78 is 0. The molecule has 1 aliphatic carbocycles. The molecule has 0 saturated heterocycles. The van der Waals surface area contributed by atoms with Crippen molar-refractivity contribution in [2.24, 2.45) is 5.41 Å². The van der Waals surface area contributed by atoms with Gasteiger partial charge in [-0.3, -0.25) is 0 Å². The lowest BCUT2D eigenvalue weighted by atomic mass is 9.56. The maximum Gasteiger partial charge on any atom is 0.123 e. The van der Waals surface area contributed by atoms with E-state index in [-0.39, 0.29) is 6.42 Å². The first-order valence-electron chi connectivity index (χ1n) is 6.14. The summed E-state index contributed by atoms with van der Waals surface area (Å²) in [5, 5.41) is 50.0. The monoisotopic (exact) mass is 260 g/mol. The maximum absolute atomic E-state index is 10.7. The van der Waals surface area contributed by atoms with Gasteiger partial charge in [-0.15, -0.1) is 0 Å². The lowest BCUT2D eigenvalue weighted by molar-refractivity contribution is -0.266. The van der Waals surface area contributed by atoms with Crippen LogP contribution in [0.2, 0.25) is 0 Å². The second kappa shape index (κ2) is 4.58. The van der Waals surface area contributed by atoms with Gasteiger partial charge < -0.3 is 25.5 Å². The molecule has 5 atom stereocenters. The molecule has 1 rings (SSSR count). The van der Waals surface area contributed by atoms with Crippen molar-refractivity contribution in [2.45, 2.75) is 63.6 Å². The van der Waals surface area contributed by atoms with Crippen LogP contribution in [0, 0.1) is 5.41 Å². The van der Waals surface area contributed by atoms with Crippen LogP contribution in [0.5, 0.6) is 0 Å². The molecule has 0 unspecified atom stereocenters. The molecule has 0 aliphatic heterocycles. The zero-order valence-electron chi connectivity index (χ0n) is 11.3. The largest absolute Gasteiger partial charge is 0.390 e. The molecule has 0 heterocycles. The predicted octanol–water partition coefficient (Wildman–Crippen LogP) is -0.443. The second-order valence-corrected chi connectivity index (χ2v) is 6.11. The van der Waals surface area contributed by atoms with Gasteiger partial charge in [-0.25, -0.2) is 0 Å². The molecule has 0 spiro atoms. The molecule has 5 N–H and O–H groups in total. The van der Waals surface area contributed by atoms with Crippen molar-refractivity contribution in [1.82, 2.24) is 0 Å². The molecule has 5 nitrogen and oxygen atoms in total. The second-order valence-electron chi connectivity index (χ2n) is 6.11. The van der Waals surface area contributed by atoms with E-state index in [1.54, 1.807) is 13.8 Å². The van der Waals surface area contributed by atoms with E-state index in [1.807, 2.05) is 0 Å². The highest BCUT2D eigenvalue weighted by Gasteiger charge is 2.63. The lowest BCUT2D eigenvalue weighted by Gasteiger charge is -2.57. The SMILES string of the molecule is C[C@@H](O)C=C[C@@]1(O)C(C)(C)C[C@H](O)[C@@H](O)[C@@]1(C)O. The Balaban J connectivity index is 3.26. The van der Waals surface area contributed by atoms with Gasteiger partial charge in [0.15, 0.2) is 0 Å². The zero-order chi connectivity index (χ0) is 14.4. The topological polar surface area (TPSA) is 101 Å². The molecule has 106 valence electrons. The molecule has 0 aromatic carbocycles. The third kappa shape index (κ3) is 2.21. The fraction of sp³-hybridized carbons (Fsp3) is 0.846. The Hall–Kier alpha value is -0.460. The highest BCUT2D eigenvalue weighted by atomic mass is 16.4. The molecule has 0 aromatic heterocycles. The third-order valence-electron chi connectivity index (χ3n) is 4.08. The first-order valence-corrected chi connectivity index (χ1v) is 6.14. The average molecular weight is 260 g/mol. The first-order chi connectivity index (χ1) is 7.96. The number of aliphatic hydroxyl groups excluding tert-OH is 3. The molecule has 5 heteroatoms. The Morgan fingerprint density at radius 3 is 2.11 bits per heavy atom. The first kappa shape index (κ1) is 15.6. The van der Waals surface area contributed by atoms with E-state index >= 15 is 0 Å². The summed E-state index contributed by atoms with van der Waals surface area (Å²) in [6, 6.07) is 0. The van der Waals surface area contributed by atoms with Crippen LogP contribution in [0.1, 0.15) is 34.1 Å². The third-order valence-corrected chi connectivity index (χ3v) is 4.08. The minimum atomic E-state index is -1.90. The van der Waals surface area contributed by atoms with Gasteiger partial charge in [0.05, 0.1) is 12.2 Å². The lowest BCUT2D eigenvalue weighted by Crippen LogP contribution is -2.71. The van der Waals surface area contributed by atoms with Crippen LogP contribution in [0.25, 0.3) is 0 Å². The fourth-order valence-corrected chi connectivity index (χ4v) is 2.75. The van der Waals surface area contributed by atoms with Crippen molar-refractivity contribution in [3.8, 4) is 0 Å². The summed E-state index contributed by atoms with van der Waals surface area (Å²) in [5.74, 6) is 0. The number of aliphatic hydroxyl groups is 5. The summed E-state index contributed by atoms with van der Waals surface area (Å²) in [5.41, 5.74) is -4.49.